The molecule has 0 aliphatic heterocycles. The van der Waals surface area contributed by atoms with Gasteiger partial charge in [-0.15, -0.1) is 11.3 Å². The smallest absolute Gasteiger partial charge is 0.271 e. The van der Waals surface area contributed by atoms with E-state index in [1.807, 2.05) is 24.3 Å². The predicted octanol–water partition coefficient (Wildman–Crippen LogP) is 2.54. The predicted molar refractivity (Wildman–Crippen MR) is 87.3 cm³/mol. The molecule has 3 rings (SSSR count). The Hall–Kier alpha value is -2.80. The molecule has 0 radical (unpaired) electrons. The van der Waals surface area contributed by atoms with Gasteiger partial charge in [0, 0.05) is 29.9 Å². The second kappa shape index (κ2) is 6.97. The van der Waals surface area contributed by atoms with Crippen LogP contribution >= 0.6 is 11.3 Å². The van der Waals surface area contributed by atoms with E-state index in [-0.39, 0.29) is 5.91 Å². The Morgan fingerprint density at radius 3 is 2.96 bits per heavy atom. The van der Waals surface area contributed by atoms with Crippen LogP contribution in [0.15, 0.2) is 48.2 Å². The first-order valence-electron chi connectivity index (χ1n) is 6.90. The van der Waals surface area contributed by atoms with E-state index in [0.717, 1.165) is 11.3 Å². The van der Waals surface area contributed by atoms with Crippen molar-refractivity contribution in [3.8, 4) is 16.5 Å². The van der Waals surface area contributed by atoms with E-state index >= 15 is 0 Å². The number of nitrogens with one attached hydrogen (secondary N) is 1. The molecule has 0 bridgehead atoms. The number of para-hydroxylation sites is 1. The molecule has 1 amide bonds. The molecule has 3 aromatic rings. The van der Waals surface area contributed by atoms with Crippen molar-refractivity contribution in [2.45, 2.75) is 6.54 Å². The molecule has 0 spiro atoms. The van der Waals surface area contributed by atoms with E-state index < -0.39 is 0 Å². The Morgan fingerprint density at radius 2 is 2.17 bits per heavy atom. The zero-order chi connectivity index (χ0) is 16.1. The topological polar surface area (TPSA) is 77.0 Å². The molecule has 7 heteroatoms. The van der Waals surface area contributed by atoms with Crippen LogP contribution in [0.3, 0.4) is 0 Å². The molecule has 0 unspecified atom stereocenters. The molecular weight excluding hydrogens is 312 g/mol. The highest BCUT2D eigenvalue weighted by molar-refractivity contribution is 7.13. The highest BCUT2D eigenvalue weighted by Crippen LogP contribution is 2.21. The molecule has 2 aromatic heterocycles. The normalized spacial score (nSPS) is 10.3. The molecule has 0 aliphatic carbocycles. The molecule has 0 fully saturated rings. The Balaban J connectivity index is 1.68. The molecule has 0 atom stereocenters. The molecule has 0 saturated carbocycles. The number of hydrogen-bond donors (Lipinski definition) is 1. The number of thiazole rings is 1. The molecule has 0 aliphatic rings. The Morgan fingerprint density at radius 1 is 1.30 bits per heavy atom. The van der Waals surface area contributed by atoms with E-state index in [2.05, 4.69) is 20.3 Å². The number of hydrogen-bond acceptors (Lipinski definition) is 6. The third-order valence-electron chi connectivity index (χ3n) is 3.15. The Kier molecular flexibility index (Phi) is 4.58. The third-order valence-corrected chi connectivity index (χ3v) is 4.02. The fraction of sp³-hybridized carbons (Fsp3) is 0.125. The van der Waals surface area contributed by atoms with Gasteiger partial charge in [0.25, 0.3) is 5.91 Å². The van der Waals surface area contributed by atoms with Gasteiger partial charge in [-0.25, -0.2) is 4.98 Å². The van der Waals surface area contributed by atoms with Gasteiger partial charge in [-0.3, -0.25) is 14.8 Å². The highest BCUT2D eigenvalue weighted by Gasteiger charge is 2.13. The van der Waals surface area contributed by atoms with Gasteiger partial charge in [0.1, 0.15) is 22.1 Å². The van der Waals surface area contributed by atoms with Crippen molar-refractivity contribution in [2.75, 3.05) is 7.11 Å². The maximum absolute atomic E-state index is 12.2. The van der Waals surface area contributed by atoms with Crippen molar-refractivity contribution < 1.29 is 9.53 Å². The minimum absolute atomic E-state index is 0.234. The fourth-order valence-electron chi connectivity index (χ4n) is 2.02. The zero-order valence-corrected chi connectivity index (χ0v) is 13.2. The van der Waals surface area contributed by atoms with Crippen LogP contribution < -0.4 is 10.1 Å². The quantitative estimate of drug-likeness (QED) is 0.779. The molecular formula is C16H14N4O2S. The van der Waals surface area contributed by atoms with Crippen LogP contribution in [0.25, 0.3) is 10.7 Å². The first-order chi connectivity index (χ1) is 11.3. The molecule has 2 heterocycles. The summed E-state index contributed by atoms with van der Waals surface area (Å²) < 4.78 is 5.27. The lowest BCUT2D eigenvalue weighted by atomic mass is 10.2. The van der Waals surface area contributed by atoms with Gasteiger partial charge in [0.05, 0.1) is 13.3 Å². The van der Waals surface area contributed by atoms with Crippen molar-refractivity contribution in [3.05, 3.63) is 59.5 Å². The summed E-state index contributed by atoms with van der Waals surface area (Å²) in [5, 5.41) is 5.22. The minimum Gasteiger partial charge on any atom is -0.496 e. The molecule has 6 nitrogen and oxygen atoms in total. The summed E-state index contributed by atoms with van der Waals surface area (Å²) in [6, 6.07) is 7.55. The molecule has 1 N–H and O–H groups in total. The van der Waals surface area contributed by atoms with E-state index in [4.69, 9.17) is 4.74 Å². The SMILES string of the molecule is COc1ccccc1CNC(=O)c1csc(-c2cnccn2)n1. The van der Waals surface area contributed by atoms with Crippen LogP contribution in [0, 0.1) is 0 Å². The third kappa shape index (κ3) is 3.51. The van der Waals surface area contributed by atoms with Crippen LogP contribution in [0.4, 0.5) is 0 Å². The minimum atomic E-state index is -0.234. The van der Waals surface area contributed by atoms with Crippen molar-refractivity contribution in [2.24, 2.45) is 0 Å². The van der Waals surface area contributed by atoms with Crippen LogP contribution in [0.5, 0.6) is 5.75 Å². The van der Waals surface area contributed by atoms with Gasteiger partial charge < -0.3 is 10.1 Å². The lowest BCUT2D eigenvalue weighted by Crippen LogP contribution is -2.23. The Labute approximate surface area is 137 Å². The summed E-state index contributed by atoms with van der Waals surface area (Å²) >= 11 is 1.36. The van der Waals surface area contributed by atoms with Crippen molar-refractivity contribution in [1.29, 1.82) is 0 Å². The van der Waals surface area contributed by atoms with E-state index in [0.29, 0.717) is 22.9 Å². The summed E-state index contributed by atoms with van der Waals surface area (Å²) in [5.41, 5.74) is 1.93. The molecule has 1 aromatic carbocycles. The summed E-state index contributed by atoms with van der Waals surface area (Å²) in [6.45, 7) is 0.376. The van der Waals surface area contributed by atoms with Crippen molar-refractivity contribution in [1.82, 2.24) is 20.3 Å². The van der Waals surface area contributed by atoms with Crippen LogP contribution in [-0.4, -0.2) is 28.0 Å². The molecule has 116 valence electrons. The zero-order valence-electron chi connectivity index (χ0n) is 12.4. The first kappa shape index (κ1) is 15.1. The van der Waals surface area contributed by atoms with Crippen molar-refractivity contribution >= 4 is 17.2 Å². The van der Waals surface area contributed by atoms with Gasteiger partial charge in [0.15, 0.2) is 0 Å². The number of ether oxygens (including phenoxy) is 1. The lowest BCUT2D eigenvalue weighted by molar-refractivity contribution is 0.0946. The van der Waals surface area contributed by atoms with Crippen LogP contribution in [0.2, 0.25) is 0 Å². The second-order valence-electron chi connectivity index (χ2n) is 4.62. The molecule has 0 saturated heterocycles. The van der Waals surface area contributed by atoms with Gasteiger partial charge >= 0.3 is 0 Å². The standard InChI is InChI=1S/C16H14N4O2S/c1-22-14-5-3-2-4-11(14)8-19-15(21)13-10-23-16(20-13)12-9-17-6-7-18-12/h2-7,9-10H,8H2,1H3,(H,19,21). The number of carbonyl (C=O) groups is 1. The van der Waals surface area contributed by atoms with Gasteiger partial charge in [-0.05, 0) is 6.07 Å². The number of benzene rings is 1. The van der Waals surface area contributed by atoms with Gasteiger partial charge in [0.2, 0.25) is 0 Å². The number of methoxy groups -OCH3 is 1. The summed E-state index contributed by atoms with van der Waals surface area (Å²) in [4.78, 5) is 24.7. The average Bonchev–Trinajstić information content (AvgIpc) is 3.11. The largest absolute Gasteiger partial charge is 0.496 e. The van der Waals surface area contributed by atoms with E-state index in [1.54, 1.807) is 31.1 Å². The highest BCUT2D eigenvalue weighted by atomic mass is 32.1. The number of nitrogens with zero attached hydrogens (tertiary/aromatic N) is 3. The van der Waals surface area contributed by atoms with E-state index in [9.17, 15) is 4.79 Å². The Bertz CT molecular complexity index is 805. The molecule has 23 heavy (non-hydrogen) atoms. The van der Waals surface area contributed by atoms with Gasteiger partial charge in [-0.2, -0.15) is 0 Å². The fourth-order valence-corrected chi connectivity index (χ4v) is 2.78. The maximum Gasteiger partial charge on any atom is 0.271 e. The summed E-state index contributed by atoms with van der Waals surface area (Å²) in [5.74, 6) is 0.508. The maximum atomic E-state index is 12.2. The number of amides is 1. The first-order valence-corrected chi connectivity index (χ1v) is 7.78. The van der Waals surface area contributed by atoms with Crippen LogP contribution in [-0.2, 0) is 6.54 Å². The second-order valence-corrected chi connectivity index (χ2v) is 5.48. The summed E-state index contributed by atoms with van der Waals surface area (Å²) in [6.07, 6.45) is 4.81. The number of carbonyl (C=O) groups excluding carboxylic acids is 1. The van der Waals surface area contributed by atoms with Crippen LogP contribution in [0.1, 0.15) is 16.1 Å². The number of rotatable bonds is 5. The monoisotopic (exact) mass is 326 g/mol. The van der Waals surface area contributed by atoms with E-state index in [1.165, 1.54) is 11.3 Å². The van der Waals surface area contributed by atoms with Gasteiger partial charge in [-0.1, -0.05) is 18.2 Å². The van der Waals surface area contributed by atoms with Crippen molar-refractivity contribution in [3.63, 3.8) is 0 Å². The average molecular weight is 326 g/mol. The number of aromatic nitrogens is 3. The summed E-state index contributed by atoms with van der Waals surface area (Å²) in [7, 11) is 1.61. The lowest BCUT2D eigenvalue weighted by Gasteiger charge is -2.08.